The van der Waals surface area contributed by atoms with E-state index in [1.807, 2.05) is 88.4 Å². The van der Waals surface area contributed by atoms with Gasteiger partial charge in [0.15, 0.2) is 0 Å². The number of hydrogen-bond acceptors (Lipinski definition) is 4. The largest absolute Gasteiger partial charge is 0.352 e. The third-order valence-corrected chi connectivity index (χ3v) is 9.40. The Labute approximate surface area is 261 Å². The van der Waals surface area contributed by atoms with Crippen LogP contribution in [-0.2, 0) is 32.6 Å². The van der Waals surface area contributed by atoms with Crippen molar-refractivity contribution in [3.63, 3.8) is 0 Å². The molecule has 0 aromatic heterocycles. The van der Waals surface area contributed by atoms with E-state index in [0.717, 1.165) is 33.0 Å². The first-order chi connectivity index (χ1) is 21.1. The van der Waals surface area contributed by atoms with Gasteiger partial charge in [-0.1, -0.05) is 97.4 Å². The maximum atomic E-state index is 14.5. The van der Waals surface area contributed by atoms with Gasteiger partial charge in [0.05, 0.1) is 10.6 Å². The molecule has 0 bridgehead atoms. The number of amides is 2. The van der Waals surface area contributed by atoms with E-state index in [4.69, 9.17) is 0 Å². The number of aryl methyl sites for hydroxylation is 2. The zero-order chi connectivity index (χ0) is 31.7. The van der Waals surface area contributed by atoms with Crippen molar-refractivity contribution >= 4 is 27.5 Å². The summed E-state index contributed by atoms with van der Waals surface area (Å²) in [5, 5.41) is 3.07. The monoisotopic (exact) mass is 611 g/mol. The van der Waals surface area contributed by atoms with Gasteiger partial charge in [-0.2, -0.15) is 0 Å². The minimum Gasteiger partial charge on any atom is -0.352 e. The Hall–Kier alpha value is -4.43. The fourth-order valence-electron chi connectivity index (χ4n) is 5.03. The molecule has 0 saturated carbocycles. The number of benzene rings is 4. The maximum absolute atomic E-state index is 14.5. The second-order valence-corrected chi connectivity index (χ2v) is 13.1. The predicted molar refractivity (Wildman–Crippen MR) is 176 cm³/mol. The van der Waals surface area contributed by atoms with Gasteiger partial charge >= 0.3 is 0 Å². The predicted octanol–water partition coefficient (Wildman–Crippen LogP) is 6.05. The molecule has 0 saturated heterocycles. The SMILES string of the molecule is CCC(C)NC(=O)C(Cc1ccccc1)N(Cc1cccc(C)c1)C(=O)CN(c1cccc(C)c1)S(=O)(=O)c1ccccc1. The highest BCUT2D eigenvalue weighted by molar-refractivity contribution is 7.92. The zero-order valence-corrected chi connectivity index (χ0v) is 26.6. The summed E-state index contributed by atoms with van der Waals surface area (Å²) < 4.78 is 29.3. The van der Waals surface area contributed by atoms with Crippen molar-refractivity contribution in [2.45, 2.75) is 64.1 Å². The third kappa shape index (κ3) is 8.35. The molecule has 0 aliphatic rings. The molecule has 7 nitrogen and oxygen atoms in total. The summed E-state index contributed by atoms with van der Waals surface area (Å²) in [6, 6.07) is 31.5. The Morgan fingerprint density at radius 1 is 0.773 bits per heavy atom. The molecule has 0 aliphatic carbocycles. The molecular formula is C36H41N3O4S. The number of rotatable bonds is 13. The summed E-state index contributed by atoms with van der Waals surface area (Å²) in [6.45, 7) is 7.42. The highest BCUT2D eigenvalue weighted by Gasteiger charge is 2.35. The lowest BCUT2D eigenvalue weighted by Gasteiger charge is -2.34. The number of carbonyl (C=O) groups excluding carboxylic acids is 2. The highest BCUT2D eigenvalue weighted by Crippen LogP contribution is 2.26. The fraction of sp³-hybridized carbons (Fsp3) is 0.278. The Morgan fingerprint density at radius 3 is 1.98 bits per heavy atom. The first-order valence-corrected chi connectivity index (χ1v) is 16.4. The van der Waals surface area contributed by atoms with E-state index in [-0.39, 0.29) is 29.8 Å². The first kappa shape index (κ1) is 32.5. The lowest BCUT2D eigenvalue weighted by Crippen LogP contribution is -2.54. The molecule has 0 heterocycles. The van der Waals surface area contributed by atoms with E-state index in [0.29, 0.717) is 5.69 Å². The molecule has 1 N–H and O–H groups in total. The van der Waals surface area contributed by atoms with Crippen LogP contribution in [0.25, 0.3) is 0 Å². The smallest absolute Gasteiger partial charge is 0.264 e. The highest BCUT2D eigenvalue weighted by atomic mass is 32.2. The molecule has 44 heavy (non-hydrogen) atoms. The summed E-state index contributed by atoms with van der Waals surface area (Å²) in [5.74, 6) is -0.759. The van der Waals surface area contributed by atoms with Crippen LogP contribution in [0.3, 0.4) is 0 Å². The van der Waals surface area contributed by atoms with Crippen LogP contribution >= 0.6 is 0 Å². The van der Waals surface area contributed by atoms with Crippen LogP contribution in [0.15, 0.2) is 114 Å². The summed E-state index contributed by atoms with van der Waals surface area (Å²) in [7, 11) is -4.12. The number of anilines is 1. The first-order valence-electron chi connectivity index (χ1n) is 14.9. The van der Waals surface area contributed by atoms with Crippen molar-refractivity contribution in [2.24, 2.45) is 0 Å². The maximum Gasteiger partial charge on any atom is 0.264 e. The van der Waals surface area contributed by atoms with Crippen LogP contribution in [0.5, 0.6) is 0 Å². The van der Waals surface area contributed by atoms with Gasteiger partial charge < -0.3 is 10.2 Å². The number of carbonyl (C=O) groups is 2. The number of sulfonamides is 1. The molecule has 2 amide bonds. The van der Waals surface area contributed by atoms with Gasteiger partial charge in [0.1, 0.15) is 12.6 Å². The molecule has 4 rings (SSSR count). The van der Waals surface area contributed by atoms with E-state index in [9.17, 15) is 18.0 Å². The van der Waals surface area contributed by atoms with Gasteiger partial charge in [0.2, 0.25) is 11.8 Å². The average molecular weight is 612 g/mol. The van der Waals surface area contributed by atoms with E-state index in [1.165, 1.54) is 17.0 Å². The number of nitrogens with one attached hydrogen (secondary N) is 1. The summed E-state index contributed by atoms with van der Waals surface area (Å²) in [6.07, 6.45) is 1.00. The Bertz CT molecular complexity index is 1660. The second-order valence-electron chi connectivity index (χ2n) is 11.2. The molecule has 2 unspecified atom stereocenters. The molecule has 8 heteroatoms. The van der Waals surface area contributed by atoms with Gasteiger partial charge in [-0.05, 0) is 68.1 Å². The third-order valence-electron chi connectivity index (χ3n) is 7.61. The zero-order valence-electron chi connectivity index (χ0n) is 25.8. The van der Waals surface area contributed by atoms with Crippen LogP contribution in [0.4, 0.5) is 5.69 Å². The minimum atomic E-state index is -4.12. The lowest BCUT2D eigenvalue weighted by atomic mass is 10.0. The van der Waals surface area contributed by atoms with Gasteiger partial charge in [0.25, 0.3) is 10.0 Å². The van der Waals surface area contributed by atoms with Crippen LogP contribution < -0.4 is 9.62 Å². The number of nitrogens with zero attached hydrogens (tertiary/aromatic N) is 2. The van der Waals surface area contributed by atoms with Crippen molar-refractivity contribution in [3.05, 3.63) is 131 Å². The van der Waals surface area contributed by atoms with Gasteiger partial charge in [-0.3, -0.25) is 13.9 Å². The quantitative estimate of drug-likeness (QED) is 0.199. The minimum absolute atomic E-state index is 0.0786. The summed E-state index contributed by atoms with van der Waals surface area (Å²) in [5.41, 5.74) is 4.00. The van der Waals surface area contributed by atoms with Crippen molar-refractivity contribution in [2.75, 3.05) is 10.8 Å². The topological polar surface area (TPSA) is 86.8 Å². The van der Waals surface area contributed by atoms with E-state index in [2.05, 4.69) is 5.32 Å². The van der Waals surface area contributed by atoms with Gasteiger partial charge in [-0.25, -0.2) is 8.42 Å². The van der Waals surface area contributed by atoms with Crippen LogP contribution in [-0.4, -0.2) is 43.8 Å². The molecule has 4 aromatic carbocycles. The van der Waals surface area contributed by atoms with E-state index < -0.39 is 28.5 Å². The summed E-state index contributed by atoms with van der Waals surface area (Å²) in [4.78, 5) is 30.0. The second kappa shape index (κ2) is 14.8. The molecule has 2 atom stereocenters. The van der Waals surface area contributed by atoms with Gasteiger partial charge in [0, 0.05) is 19.0 Å². The fourth-order valence-corrected chi connectivity index (χ4v) is 6.46. The molecule has 4 aromatic rings. The molecule has 230 valence electrons. The van der Waals surface area contributed by atoms with Crippen molar-refractivity contribution < 1.29 is 18.0 Å². The normalized spacial score (nSPS) is 12.6. The van der Waals surface area contributed by atoms with Crippen LogP contribution in [0.1, 0.15) is 42.5 Å². The Kier molecular flexibility index (Phi) is 11.0. The lowest BCUT2D eigenvalue weighted by molar-refractivity contribution is -0.140. The standard InChI is InChI=1S/C36H41N3O4S/c1-5-29(4)37-36(41)34(24-30-16-8-6-9-17-30)38(25-31-18-12-14-27(2)22-31)35(40)26-39(32-19-13-15-28(3)23-32)44(42,43)33-20-10-7-11-21-33/h6-23,29,34H,5,24-26H2,1-4H3,(H,37,41). The van der Waals surface area contributed by atoms with Crippen molar-refractivity contribution in [1.29, 1.82) is 0 Å². The van der Waals surface area contributed by atoms with Crippen LogP contribution in [0.2, 0.25) is 0 Å². The molecule has 0 radical (unpaired) electrons. The molecule has 0 aliphatic heterocycles. The van der Waals surface area contributed by atoms with Crippen LogP contribution in [0, 0.1) is 13.8 Å². The van der Waals surface area contributed by atoms with E-state index >= 15 is 0 Å². The molecule has 0 fully saturated rings. The molecular weight excluding hydrogens is 570 g/mol. The van der Waals surface area contributed by atoms with Gasteiger partial charge in [-0.15, -0.1) is 0 Å². The Morgan fingerprint density at radius 2 is 1.36 bits per heavy atom. The number of hydrogen-bond donors (Lipinski definition) is 1. The average Bonchev–Trinajstić information content (AvgIpc) is 3.02. The van der Waals surface area contributed by atoms with Crippen molar-refractivity contribution in [3.8, 4) is 0 Å². The van der Waals surface area contributed by atoms with E-state index in [1.54, 1.807) is 36.4 Å². The summed E-state index contributed by atoms with van der Waals surface area (Å²) >= 11 is 0. The molecule has 0 spiro atoms. The van der Waals surface area contributed by atoms with Crippen molar-refractivity contribution in [1.82, 2.24) is 10.2 Å². The Balaban J connectivity index is 1.80.